The third-order valence-electron chi connectivity index (χ3n) is 4.80. The molecule has 0 bridgehead atoms. The number of nitrogens with one attached hydrogen (secondary N) is 1. The molecule has 1 aliphatic rings. The highest BCUT2D eigenvalue weighted by Crippen LogP contribution is 2.29. The Labute approximate surface area is 179 Å². The van der Waals surface area contributed by atoms with E-state index in [-0.39, 0.29) is 30.8 Å². The van der Waals surface area contributed by atoms with Crippen molar-refractivity contribution in [3.05, 3.63) is 65.0 Å². The van der Waals surface area contributed by atoms with E-state index in [1.165, 1.54) is 6.92 Å². The number of rotatable bonds is 7. The number of halogens is 1. The minimum atomic E-state index is -0.128. The van der Waals surface area contributed by atoms with Crippen molar-refractivity contribution in [2.45, 2.75) is 38.8 Å². The summed E-state index contributed by atoms with van der Waals surface area (Å²) in [6, 6.07) is 14.6. The highest BCUT2D eigenvalue weighted by atomic mass is 35.5. The van der Waals surface area contributed by atoms with Gasteiger partial charge >= 0.3 is 0 Å². The number of carbonyl (C=O) groups excluding carboxylic acids is 2. The molecular formula is C22H21ClN4O3. The SMILES string of the molecule is CC(=O)Nc1ccc(CC(=O)N(Cc2nnc(-c3ccc(Cl)cc3)o2)C2CC2)cc1. The second kappa shape index (κ2) is 8.67. The Morgan fingerprint density at radius 2 is 1.80 bits per heavy atom. The molecular weight excluding hydrogens is 404 g/mol. The fourth-order valence-electron chi connectivity index (χ4n) is 3.16. The summed E-state index contributed by atoms with van der Waals surface area (Å²) in [5.41, 5.74) is 2.37. The highest BCUT2D eigenvalue weighted by Gasteiger charge is 2.33. The molecule has 3 aromatic rings. The summed E-state index contributed by atoms with van der Waals surface area (Å²) in [5, 5.41) is 11.6. The first-order valence-electron chi connectivity index (χ1n) is 9.72. The maximum absolute atomic E-state index is 12.9. The molecule has 1 N–H and O–H groups in total. The number of aromatic nitrogens is 2. The van der Waals surface area contributed by atoms with E-state index in [9.17, 15) is 9.59 Å². The Balaban J connectivity index is 1.42. The van der Waals surface area contributed by atoms with Gasteiger partial charge in [-0.2, -0.15) is 0 Å². The number of benzene rings is 2. The van der Waals surface area contributed by atoms with Gasteiger partial charge in [0.25, 0.3) is 0 Å². The zero-order valence-corrected chi connectivity index (χ0v) is 17.2. The van der Waals surface area contributed by atoms with E-state index in [0.29, 0.717) is 22.5 Å². The van der Waals surface area contributed by atoms with E-state index in [4.69, 9.17) is 16.0 Å². The van der Waals surface area contributed by atoms with Gasteiger partial charge in [0.05, 0.1) is 13.0 Å². The number of amides is 2. The number of nitrogens with zero attached hydrogens (tertiary/aromatic N) is 3. The van der Waals surface area contributed by atoms with Crippen molar-refractivity contribution in [1.82, 2.24) is 15.1 Å². The molecule has 0 saturated heterocycles. The molecule has 0 radical (unpaired) electrons. The van der Waals surface area contributed by atoms with Crippen LogP contribution in [0.1, 0.15) is 31.2 Å². The molecule has 1 fully saturated rings. The number of anilines is 1. The van der Waals surface area contributed by atoms with E-state index in [1.807, 2.05) is 24.3 Å². The number of hydrogen-bond donors (Lipinski definition) is 1. The summed E-state index contributed by atoms with van der Waals surface area (Å²) in [6.45, 7) is 1.74. The van der Waals surface area contributed by atoms with E-state index < -0.39 is 0 Å². The fourth-order valence-corrected chi connectivity index (χ4v) is 3.29. The Bertz CT molecular complexity index is 1040. The van der Waals surface area contributed by atoms with Crippen LogP contribution in [0.4, 0.5) is 5.69 Å². The molecule has 7 nitrogen and oxygen atoms in total. The fraction of sp³-hybridized carbons (Fsp3) is 0.273. The molecule has 2 amide bonds. The van der Waals surface area contributed by atoms with Crippen LogP contribution < -0.4 is 5.32 Å². The van der Waals surface area contributed by atoms with Crippen molar-refractivity contribution in [1.29, 1.82) is 0 Å². The van der Waals surface area contributed by atoms with Crippen LogP contribution in [0.25, 0.3) is 11.5 Å². The smallest absolute Gasteiger partial charge is 0.247 e. The van der Waals surface area contributed by atoms with Crippen LogP contribution in [0.2, 0.25) is 5.02 Å². The Kier molecular flexibility index (Phi) is 5.81. The van der Waals surface area contributed by atoms with Crippen molar-refractivity contribution in [2.75, 3.05) is 5.32 Å². The molecule has 0 atom stereocenters. The van der Waals surface area contributed by atoms with E-state index in [1.54, 1.807) is 29.2 Å². The van der Waals surface area contributed by atoms with Crippen LogP contribution in [0.5, 0.6) is 0 Å². The standard InChI is InChI=1S/C22H21ClN4O3/c1-14(28)24-18-8-2-15(3-9-18)12-21(29)27(19-10-11-19)13-20-25-26-22(30-20)16-4-6-17(23)7-5-16/h2-9,19H,10-13H2,1H3,(H,24,28). The first kappa shape index (κ1) is 20.1. The molecule has 1 aliphatic carbocycles. The van der Waals surface area contributed by atoms with Gasteiger partial charge in [0, 0.05) is 29.2 Å². The zero-order valence-electron chi connectivity index (χ0n) is 16.5. The average Bonchev–Trinajstić information content (AvgIpc) is 3.45. The van der Waals surface area contributed by atoms with E-state index in [0.717, 1.165) is 24.0 Å². The normalized spacial score (nSPS) is 13.1. The Morgan fingerprint density at radius 1 is 1.10 bits per heavy atom. The molecule has 0 spiro atoms. The van der Waals surface area contributed by atoms with E-state index in [2.05, 4.69) is 15.5 Å². The van der Waals surface area contributed by atoms with Gasteiger partial charge in [0.2, 0.25) is 23.6 Å². The Morgan fingerprint density at radius 3 is 2.43 bits per heavy atom. The first-order chi connectivity index (χ1) is 14.5. The maximum Gasteiger partial charge on any atom is 0.247 e. The van der Waals surface area contributed by atoms with Gasteiger partial charge in [0.1, 0.15) is 0 Å². The summed E-state index contributed by atoms with van der Waals surface area (Å²) in [4.78, 5) is 25.9. The van der Waals surface area contributed by atoms with Crippen LogP contribution in [0.3, 0.4) is 0 Å². The lowest BCUT2D eigenvalue weighted by atomic mass is 10.1. The molecule has 30 heavy (non-hydrogen) atoms. The summed E-state index contributed by atoms with van der Waals surface area (Å²) in [6.07, 6.45) is 2.23. The molecule has 0 aliphatic heterocycles. The van der Waals surface area contributed by atoms with Gasteiger partial charge in [0.15, 0.2) is 0 Å². The van der Waals surface area contributed by atoms with Crippen LogP contribution in [-0.4, -0.2) is 33.0 Å². The maximum atomic E-state index is 12.9. The predicted octanol–water partition coefficient (Wildman–Crippen LogP) is 4.08. The molecule has 1 heterocycles. The van der Waals surface area contributed by atoms with Gasteiger partial charge in [-0.05, 0) is 54.8 Å². The van der Waals surface area contributed by atoms with Crippen LogP contribution in [0, 0.1) is 0 Å². The van der Waals surface area contributed by atoms with Crippen LogP contribution in [0.15, 0.2) is 52.9 Å². The Hall–Kier alpha value is -3.19. The minimum absolute atomic E-state index is 0.0102. The average molecular weight is 425 g/mol. The van der Waals surface area contributed by atoms with Gasteiger partial charge < -0.3 is 14.6 Å². The molecule has 4 rings (SSSR count). The van der Waals surface area contributed by atoms with Gasteiger partial charge in [-0.25, -0.2) is 0 Å². The molecule has 8 heteroatoms. The van der Waals surface area contributed by atoms with Crippen molar-refractivity contribution in [3.63, 3.8) is 0 Å². The quantitative estimate of drug-likeness (QED) is 0.617. The van der Waals surface area contributed by atoms with E-state index >= 15 is 0 Å². The summed E-state index contributed by atoms with van der Waals surface area (Å²) < 4.78 is 5.77. The molecule has 0 unspecified atom stereocenters. The third-order valence-corrected chi connectivity index (χ3v) is 5.05. The van der Waals surface area contributed by atoms with Crippen molar-refractivity contribution < 1.29 is 14.0 Å². The van der Waals surface area contributed by atoms with Crippen LogP contribution >= 0.6 is 11.6 Å². The summed E-state index contributed by atoms with van der Waals surface area (Å²) in [5.74, 6) is 0.687. The molecule has 154 valence electrons. The monoisotopic (exact) mass is 424 g/mol. The zero-order chi connectivity index (χ0) is 21.1. The number of carbonyl (C=O) groups is 2. The van der Waals surface area contributed by atoms with Crippen LogP contribution in [-0.2, 0) is 22.6 Å². The highest BCUT2D eigenvalue weighted by molar-refractivity contribution is 6.30. The van der Waals surface area contributed by atoms with Gasteiger partial charge in [-0.15, -0.1) is 10.2 Å². The summed E-state index contributed by atoms with van der Waals surface area (Å²) >= 11 is 5.92. The summed E-state index contributed by atoms with van der Waals surface area (Å²) in [7, 11) is 0. The lowest BCUT2D eigenvalue weighted by Gasteiger charge is -2.20. The third kappa shape index (κ3) is 5.04. The van der Waals surface area contributed by atoms with Gasteiger partial charge in [-0.1, -0.05) is 23.7 Å². The van der Waals surface area contributed by atoms with Crippen molar-refractivity contribution in [3.8, 4) is 11.5 Å². The number of hydrogen-bond acceptors (Lipinski definition) is 5. The topological polar surface area (TPSA) is 88.3 Å². The lowest BCUT2D eigenvalue weighted by molar-refractivity contribution is -0.132. The minimum Gasteiger partial charge on any atom is -0.419 e. The lowest BCUT2D eigenvalue weighted by Crippen LogP contribution is -2.34. The predicted molar refractivity (Wildman–Crippen MR) is 113 cm³/mol. The molecule has 1 saturated carbocycles. The van der Waals surface area contributed by atoms with Gasteiger partial charge in [-0.3, -0.25) is 9.59 Å². The van der Waals surface area contributed by atoms with Crippen molar-refractivity contribution in [2.24, 2.45) is 0 Å². The largest absolute Gasteiger partial charge is 0.419 e. The molecule has 2 aromatic carbocycles. The second-order valence-electron chi connectivity index (χ2n) is 7.32. The van der Waals surface area contributed by atoms with Crippen molar-refractivity contribution >= 4 is 29.1 Å². The first-order valence-corrected chi connectivity index (χ1v) is 10.1. The molecule has 1 aromatic heterocycles. The second-order valence-corrected chi connectivity index (χ2v) is 7.75.